The molecule has 3 aromatic carbocycles. The van der Waals surface area contributed by atoms with Crippen molar-refractivity contribution < 1.29 is 21.6 Å². The first-order chi connectivity index (χ1) is 15.5. The summed E-state index contributed by atoms with van der Waals surface area (Å²) in [6, 6.07) is 22.7. The van der Waals surface area contributed by atoms with Gasteiger partial charge in [-0.05, 0) is 40.8 Å². The molecule has 0 spiro atoms. The van der Waals surface area contributed by atoms with Crippen LogP contribution in [0.25, 0.3) is 0 Å². The topological polar surface area (TPSA) is 80.8 Å². The number of nitrogens with zero attached hydrogens (tertiary/aromatic N) is 1. The van der Waals surface area contributed by atoms with Crippen LogP contribution in [0.1, 0.15) is 38.0 Å². The average molecular weight is 488 g/mol. The summed E-state index contributed by atoms with van der Waals surface area (Å²) < 4.78 is 60.2. The van der Waals surface area contributed by atoms with E-state index in [1.807, 2.05) is 24.3 Å². The second kappa shape index (κ2) is 9.77. The lowest BCUT2D eigenvalue weighted by molar-refractivity contribution is 0.0962. The van der Waals surface area contributed by atoms with Crippen molar-refractivity contribution in [1.29, 1.82) is 0 Å². The molecule has 33 heavy (non-hydrogen) atoms. The van der Waals surface area contributed by atoms with Gasteiger partial charge < -0.3 is 4.74 Å². The molecule has 3 rings (SSSR count). The lowest BCUT2D eigenvalue weighted by Crippen LogP contribution is -2.40. The molecule has 0 aliphatic rings. The molecule has 1 atom stereocenters. The number of benzene rings is 3. The van der Waals surface area contributed by atoms with Crippen molar-refractivity contribution in [3.8, 4) is 0 Å². The molecule has 0 aliphatic heterocycles. The highest BCUT2D eigenvalue weighted by atomic mass is 32.3. The van der Waals surface area contributed by atoms with Gasteiger partial charge in [-0.15, -0.1) is 0 Å². The van der Waals surface area contributed by atoms with Gasteiger partial charge in [0.25, 0.3) is 20.0 Å². The quantitative estimate of drug-likeness (QED) is 0.458. The molecule has 0 saturated carbocycles. The van der Waals surface area contributed by atoms with E-state index in [0.717, 1.165) is 5.56 Å². The van der Waals surface area contributed by atoms with E-state index in [-0.39, 0.29) is 15.2 Å². The molecule has 3 aromatic rings. The third-order valence-electron chi connectivity index (χ3n) is 5.37. The number of rotatable bonds is 8. The van der Waals surface area contributed by atoms with Gasteiger partial charge in [0.1, 0.15) is 0 Å². The van der Waals surface area contributed by atoms with Gasteiger partial charge >= 0.3 is 0 Å². The summed E-state index contributed by atoms with van der Waals surface area (Å²) >= 11 is 0. The van der Waals surface area contributed by atoms with Crippen molar-refractivity contribution in [2.24, 2.45) is 0 Å². The molecule has 8 heteroatoms. The molecule has 0 N–H and O–H groups in total. The molecule has 0 saturated heterocycles. The van der Waals surface area contributed by atoms with Crippen molar-refractivity contribution in [2.45, 2.75) is 42.1 Å². The fraction of sp³-hybridized carbons (Fsp3) is 0.280. The maximum Gasteiger partial charge on any atom is 0.256 e. The van der Waals surface area contributed by atoms with E-state index in [4.69, 9.17) is 4.74 Å². The Hall–Kier alpha value is -2.52. The standard InChI is InChI=1S/C25H29NO5S2/c1-25(2,3)21-17-15-20(16-18-21)24(31-4)19-26(32(27,28)22-11-7-5-8-12-22)33(29,30)23-13-9-6-10-14-23/h5-18,24H,19H2,1-4H3. The molecule has 0 heterocycles. The average Bonchev–Trinajstić information content (AvgIpc) is 2.80. The monoisotopic (exact) mass is 487 g/mol. The van der Waals surface area contributed by atoms with E-state index in [2.05, 4.69) is 20.8 Å². The summed E-state index contributed by atoms with van der Waals surface area (Å²) in [5.74, 6) is 0. The molecule has 0 radical (unpaired) electrons. The van der Waals surface area contributed by atoms with Crippen LogP contribution in [0.5, 0.6) is 0 Å². The third-order valence-corrected chi connectivity index (χ3v) is 9.65. The normalized spacial score (nSPS) is 13.7. The van der Waals surface area contributed by atoms with E-state index in [1.54, 1.807) is 36.4 Å². The Morgan fingerprint density at radius 1 is 0.727 bits per heavy atom. The molecule has 0 amide bonds. The lowest BCUT2D eigenvalue weighted by Gasteiger charge is -2.27. The van der Waals surface area contributed by atoms with Gasteiger partial charge in [-0.25, -0.2) is 16.8 Å². The molecule has 1 unspecified atom stereocenters. The molecule has 176 valence electrons. The fourth-order valence-corrected chi connectivity index (χ4v) is 7.08. The summed E-state index contributed by atoms with van der Waals surface area (Å²) in [7, 11) is -7.34. The van der Waals surface area contributed by atoms with Crippen LogP contribution >= 0.6 is 0 Å². The Bertz CT molecular complexity index is 1200. The zero-order valence-electron chi connectivity index (χ0n) is 19.2. The van der Waals surface area contributed by atoms with Crippen LogP contribution in [-0.4, -0.2) is 34.2 Å². The van der Waals surface area contributed by atoms with E-state index in [1.165, 1.54) is 31.4 Å². The molecular formula is C25H29NO5S2. The molecule has 6 nitrogen and oxygen atoms in total. The number of methoxy groups -OCH3 is 1. The summed E-state index contributed by atoms with van der Waals surface area (Å²) in [5, 5.41) is 0. The third kappa shape index (κ3) is 5.52. The number of hydrogen-bond donors (Lipinski definition) is 0. The Labute approximate surface area is 196 Å². The highest BCUT2D eigenvalue weighted by Gasteiger charge is 2.38. The van der Waals surface area contributed by atoms with Gasteiger partial charge in [-0.2, -0.15) is 0 Å². The van der Waals surface area contributed by atoms with Crippen LogP contribution in [0.2, 0.25) is 0 Å². The Balaban J connectivity index is 2.08. The predicted octanol–water partition coefficient (Wildman–Crippen LogP) is 4.75. The predicted molar refractivity (Wildman–Crippen MR) is 129 cm³/mol. The smallest absolute Gasteiger partial charge is 0.256 e. The van der Waals surface area contributed by atoms with Gasteiger partial charge in [-0.3, -0.25) is 0 Å². The molecule has 0 aliphatic carbocycles. The van der Waals surface area contributed by atoms with Crippen LogP contribution in [0.15, 0.2) is 94.7 Å². The molecular weight excluding hydrogens is 458 g/mol. The van der Waals surface area contributed by atoms with E-state index >= 15 is 0 Å². The van der Waals surface area contributed by atoms with Crippen molar-refractivity contribution in [2.75, 3.05) is 13.7 Å². The van der Waals surface area contributed by atoms with Gasteiger partial charge in [0.15, 0.2) is 0 Å². The summed E-state index contributed by atoms with van der Waals surface area (Å²) in [5.41, 5.74) is 1.73. The van der Waals surface area contributed by atoms with E-state index in [9.17, 15) is 16.8 Å². The second-order valence-corrected chi connectivity index (χ2v) is 12.6. The lowest BCUT2D eigenvalue weighted by atomic mass is 9.86. The van der Waals surface area contributed by atoms with Crippen molar-refractivity contribution in [3.05, 3.63) is 96.1 Å². The van der Waals surface area contributed by atoms with Gasteiger partial charge in [0.2, 0.25) is 0 Å². The maximum atomic E-state index is 13.5. The molecule has 0 aromatic heterocycles. The number of hydrogen-bond acceptors (Lipinski definition) is 5. The van der Waals surface area contributed by atoms with Crippen LogP contribution < -0.4 is 0 Å². The van der Waals surface area contributed by atoms with Crippen molar-refractivity contribution in [3.63, 3.8) is 0 Å². The van der Waals surface area contributed by atoms with Crippen LogP contribution in [0, 0.1) is 0 Å². The Kier molecular flexibility index (Phi) is 7.43. The maximum absolute atomic E-state index is 13.5. The zero-order chi connectivity index (χ0) is 24.3. The summed E-state index contributed by atoms with van der Waals surface area (Å²) in [4.78, 5) is -0.218. The minimum atomic E-state index is -4.39. The van der Waals surface area contributed by atoms with Gasteiger partial charge in [0.05, 0.1) is 22.4 Å². The van der Waals surface area contributed by atoms with Crippen molar-refractivity contribution >= 4 is 20.0 Å². The molecule has 0 bridgehead atoms. The largest absolute Gasteiger partial charge is 0.375 e. The molecule has 0 fully saturated rings. The van der Waals surface area contributed by atoms with Crippen molar-refractivity contribution in [1.82, 2.24) is 3.71 Å². The minimum Gasteiger partial charge on any atom is -0.375 e. The van der Waals surface area contributed by atoms with Crippen LogP contribution in [-0.2, 0) is 30.2 Å². The number of sulfonamides is 2. The summed E-state index contributed by atoms with van der Waals surface area (Å²) in [6.45, 7) is 5.88. The van der Waals surface area contributed by atoms with Crippen LogP contribution in [0.3, 0.4) is 0 Å². The van der Waals surface area contributed by atoms with Crippen LogP contribution in [0.4, 0.5) is 0 Å². The highest BCUT2D eigenvalue weighted by molar-refractivity contribution is 8.04. The summed E-state index contributed by atoms with van der Waals surface area (Å²) in [6.07, 6.45) is -0.795. The van der Waals surface area contributed by atoms with E-state index in [0.29, 0.717) is 9.27 Å². The highest BCUT2D eigenvalue weighted by Crippen LogP contribution is 2.30. The van der Waals surface area contributed by atoms with Gasteiger partial charge in [0, 0.05) is 7.11 Å². The second-order valence-electron chi connectivity index (χ2n) is 8.69. The first kappa shape index (κ1) is 25.1. The first-order valence-corrected chi connectivity index (χ1v) is 13.4. The Morgan fingerprint density at radius 3 is 1.52 bits per heavy atom. The first-order valence-electron chi connectivity index (χ1n) is 10.5. The van der Waals surface area contributed by atoms with E-state index < -0.39 is 32.7 Å². The number of ether oxygens (including phenoxy) is 1. The SMILES string of the molecule is COC(CN(S(=O)(=O)c1ccccc1)S(=O)(=O)c1ccccc1)c1ccc(C(C)(C)C)cc1. The minimum absolute atomic E-state index is 0.0551. The Morgan fingerprint density at radius 2 is 1.15 bits per heavy atom. The fourth-order valence-electron chi connectivity index (χ4n) is 3.39. The van der Waals surface area contributed by atoms with Gasteiger partial charge in [-0.1, -0.05) is 85.1 Å². The zero-order valence-corrected chi connectivity index (χ0v) is 20.8.